The highest BCUT2D eigenvalue weighted by molar-refractivity contribution is 7.15. The summed E-state index contributed by atoms with van der Waals surface area (Å²) in [4.78, 5) is 5.46. The molecule has 1 aromatic rings. The van der Waals surface area contributed by atoms with Crippen molar-refractivity contribution >= 4 is 28.9 Å². The maximum atomic E-state index is 5.58. The van der Waals surface area contributed by atoms with Gasteiger partial charge in [-0.05, 0) is 12.3 Å². The molecule has 0 aliphatic carbocycles. The molecule has 1 heterocycles. The van der Waals surface area contributed by atoms with Gasteiger partial charge in [0.05, 0.1) is 5.69 Å². The summed E-state index contributed by atoms with van der Waals surface area (Å²) in [6.45, 7) is 8.53. The van der Waals surface area contributed by atoms with E-state index < -0.39 is 0 Å². The summed E-state index contributed by atoms with van der Waals surface area (Å²) in [6, 6.07) is 0. The molecule has 0 amide bonds. The zero-order valence-corrected chi connectivity index (χ0v) is 9.47. The number of halogens is 1. The first-order valence-corrected chi connectivity index (χ1v) is 4.46. The average Bonchev–Trinajstić information content (AvgIpc) is 2.08. The second-order valence-electron chi connectivity index (χ2n) is 3.72. The lowest BCUT2D eigenvalue weighted by Crippen LogP contribution is -2.10. The van der Waals surface area contributed by atoms with Gasteiger partial charge in [-0.3, -0.25) is 0 Å². The monoisotopic (exact) mass is 206 g/mol. The van der Waals surface area contributed by atoms with Gasteiger partial charge in [0.25, 0.3) is 0 Å². The summed E-state index contributed by atoms with van der Waals surface area (Å²) in [7, 11) is 0. The molecule has 70 valence electrons. The fourth-order valence-corrected chi connectivity index (χ4v) is 2.00. The fourth-order valence-electron chi connectivity index (χ4n) is 1.11. The number of aryl methyl sites for hydroxylation is 1. The second-order valence-corrected chi connectivity index (χ2v) is 4.75. The summed E-state index contributed by atoms with van der Waals surface area (Å²) < 4.78 is 0. The highest BCUT2D eigenvalue weighted by Crippen LogP contribution is 2.31. The summed E-state index contributed by atoms with van der Waals surface area (Å²) in [6.07, 6.45) is 0. The van der Waals surface area contributed by atoms with Crippen LogP contribution in [0.3, 0.4) is 0 Å². The van der Waals surface area contributed by atoms with E-state index in [0.29, 0.717) is 5.13 Å². The Labute approximate surface area is 83.6 Å². The van der Waals surface area contributed by atoms with Gasteiger partial charge in [0, 0.05) is 4.88 Å². The predicted molar refractivity (Wildman–Crippen MR) is 57.2 cm³/mol. The molecule has 0 saturated carbocycles. The predicted octanol–water partition coefficient (Wildman–Crippen LogP) is 2.75. The quantitative estimate of drug-likeness (QED) is 0.709. The molecule has 0 saturated heterocycles. The van der Waals surface area contributed by atoms with Gasteiger partial charge in [0.1, 0.15) is 0 Å². The van der Waals surface area contributed by atoms with Gasteiger partial charge in [-0.1, -0.05) is 20.8 Å². The molecule has 0 radical (unpaired) electrons. The lowest BCUT2D eigenvalue weighted by atomic mass is 9.94. The smallest absolute Gasteiger partial charge is 0.180 e. The number of anilines is 1. The third kappa shape index (κ3) is 2.35. The molecule has 2 N–H and O–H groups in total. The Morgan fingerprint density at radius 1 is 1.33 bits per heavy atom. The SMILES string of the molecule is Cc1nc(N)sc1C(C)(C)C.Cl. The van der Waals surface area contributed by atoms with E-state index in [1.165, 1.54) is 4.88 Å². The Hall–Kier alpha value is -0.280. The van der Waals surface area contributed by atoms with E-state index in [2.05, 4.69) is 25.8 Å². The van der Waals surface area contributed by atoms with Crippen molar-refractivity contribution in [2.24, 2.45) is 0 Å². The number of hydrogen-bond donors (Lipinski definition) is 1. The van der Waals surface area contributed by atoms with Crippen LogP contribution in [0, 0.1) is 6.92 Å². The topological polar surface area (TPSA) is 38.9 Å². The minimum atomic E-state index is 0. The van der Waals surface area contributed by atoms with E-state index >= 15 is 0 Å². The van der Waals surface area contributed by atoms with Gasteiger partial charge in [0.2, 0.25) is 0 Å². The minimum Gasteiger partial charge on any atom is -0.375 e. The molecule has 2 nitrogen and oxygen atoms in total. The van der Waals surface area contributed by atoms with E-state index in [0.717, 1.165) is 5.69 Å². The van der Waals surface area contributed by atoms with Gasteiger partial charge in [-0.2, -0.15) is 0 Å². The number of nitrogens with two attached hydrogens (primary N) is 1. The molecule has 0 aliphatic rings. The van der Waals surface area contributed by atoms with Crippen molar-refractivity contribution in [3.63, 3.8) is 0 Å². The van der Waals surface area contributed by atoms with Gasteiger partial charge >= 0.3 is 0 Å². The molecule has 0 unspecified atom stereocenters. The molecule has 12 heavy (non-hydrogen) atoms. The zero-order chi connectivity index (χ0) is 8.65. The first kappa shape index (κ1) is 11.7. The molecular formula is C8H15ClN2S. The number of nitrogens with zero attached hydrogens (tertiary/aromatic N) is 1. The zero-order valence-electron chi connectivity index (χ0n) is 7.84. The minimum absolute atomic E-state index is 0. The van der Waals surface area contributed by atoms with Crippen molar-refractivity contribution in [1.82, 2.24) is 4.98 Å². The van der Waals surface area contributed by atoms with E-state index in [1.807, 2.05) is 6.92 Å². The van der Waals surface area contributed by atoms with Crippen LogP contribution in [0.15, 0.2) is 0 Å². The molecule has 4 heteroatoms. The van der Waals surface area contributed by atoms with Crippen LogP contribution in [-0.2, 0) is 5.41 Å². The van der Waals surface area contributed by atoms with Gasteiger partial charge in [-0.15, -0.1) is 23.7 Å². The van der Waals surface area contributed by atoms with Crippen LogP contribution in [0.4, 0.5) is 5.13 Å². The Morgan fingerprint density at radius 3 is 2.00 bits per heavy atom. The van der Waals surface area contributed by atoms with Crippen molar-refractivity contribution in [1.29, 1.82) is 0 Å². The Kier molecular flexibility index (Phi) is 3.54. The molecule has 0 spiro atoms. The van der Waals surface area contributed by atoms with Crippen LogP contribution < -0.4 is 5.73 Å². The maximum Gasteiger partial charge on any atom is 0.180 e. The number of aromatic nitrogens is 1. The Morgan fingerprint density at radius 2 is 1.83 bits per heavy atom. The molecule has 0 aliphatic heterocycles. The van der Waals surface area contributed by atoms with Crippen molar-refractivity contribution in [3.8, 4) is 0 Å². The largest absolute Gasteiger partial charge is 0.375 e. The van der Waals surface area contributed by atoms with Gasteiger partial charge in [0.15, 0.2) is 5.13 Å². The van der Waals surface area contributed by atoms with Crippen molar-refractivity contribution in [2.45, 2.75) is 33.1 Å². The summed E-state index contributed by atoms with van der Waals surface area (Å²) in [5, 5.41) is 0.674. The van der Waals surface area contributed by atoms with Gasteiger partial charge in [-0.25, -0.2) is 4.98 Å². The Balaban J connectivity index is 0.00000121. The molecular weight excluding hydrogens is 192 g/mol. The number of rotatable bonds is 0. The average molecular weight is 207 g/mol. The number of nitrogen functional groups attached to an aromatic ring is 1. The molecule has 0 fully saturated rings. The van der Waals surface area contributed by atoms with E-state index in [4.69, 9.17) is 5.73 Å². The first-order chi connectivity index (χ1) is 4.91. The first-order valence-electron chi connectivity index (χ1n) is 3.64. The maximum absolute atomic E-state index is 5.58. The van der Waals surface area contributed by atoms with Crippen LogP contribution in [0.25, 0.3) is 0 Å². The van der Waals surface area contributed by atoms with Crippen molar-refractivity contribution in [2.75, 3.05) is 5.73 Å². The fraction of sp³-hybridized carbons (Fsp3) is 0.625. The van der Waals surface area contributed by atoms with Crippen molar-refractivity contribution < 1.29 is 0 Å². The summed E-state index contributed by atoms with van der Waals surface area (Å²) in [5.74, 6) is 0. The third-order valence-electron chi connectivity index (χ3n) is 1.49. The van der Waals surface area contributed by atoms with Crippen LogP contribution >= 0.6 is 23.7 Å². The lowest BCUT2D eigenvalue weighted by molar-refractivity contribution is 0.598. The van der Waals surface area contributed by atoms with E-state index in [9.17, 15) is 0 Å². The highest BCUT2D eigenvalue weighted by atomic mass is 35.5. The number of hydrogen-bond acceptors (Lipinski definition) is 3. The molecule has 0 bridgehead atoms. The Bertz CT molecular complexity index is 263. The summed E-state index contributed by atoms with van der Waals surface area (Å²) >= 11 is 1.59. The van der Waals surface area contributed by atoms with Crippen LogP contribution in [0.5, 0.6) is 0 Å². The van der Waals surface area contributed by atoms with Crippen LogP contribution in [-0.4, -0.2) is 4.98 Å². The highest BCUT2D eigenvalue weighted by Gasteiger charge is 2.19. The second kappa shape index (κ2) is 3.62. The van der Waals surface area contributed by atoms with Crippen molar-refractivity contribution in [3.05, 3.63) is 10.6 Å². The van der Waals surface area contributed by atoms with Crippen LogP contribution in [0.1, 0.15) is 31.3 Å². The van der Waals surface area contributed by atoms with E-state index in [-0.39, 0.29) is 17.8 Å². The molecule has 1 aromatic heterocycles. The third-order valence-corrected chi connectivity index (χ3v) is 2.91. The molecule has 1 rings (SSSR count). The normalized spacial score (nSPS) is 11.0. The summed E-state index contributed by atoms with van der Waals surface area (Å²) in [5.41, 5.74) is 6.83. The number of thiazole rings is 1. The molecule has 0 aromatic carbocycles. The van der Waals surface area contributed by atoms with Crippen LogP contribution in [0.2, 0.25) is 0 Å². The molecule has 0 atom stereocenters. The van der Waals surface area contributed by atoms with Gasteiger partial charge < -0.3 is 5.73 Å². The van der Waals surface area contributed by atoms with E-state index in [1.54, 1.807) is 11.3 Å². The standard InChI is InChI=1S/C8H14N2S.ClH/c1-5-6(8(2,3)4)11-7(9)10-5;/h1-4H3,(H2,9,10);1H. The lowest BCUT2D eigenvalue weighted by Gasteiger charge is -2.16.